The van der Waals surface area contributed by atoms with E-state index in [-0.39, 0.29) is 5.78 Å². The van der Waals surface area contributed by atoms with Crippen LogP contribution in [-0.4, -0.2) is 17.1 Å². The minimum atomic E-state index is -0.0718. The van der Waals surface area contributed by atoms with Crippen molar-refractivity contribution in [2.75, 3.05) is 0 Å². The van der Waals surface area contributed by atoms with E-state index in [2.05, 4.69) is 4.98 Å². The molecule has 1 aromatic heterocycles. The van der Waals surface area contributed by atoms with E-state index in [1.54, 1.807) is 42.6 Å². The molecule has 0 unspecified atom stereocenters. The number of carbonyl (C=O) groups excluding carboxylic acids is 2. The van der Waals surface area contributed by atoms with Gasteiger partial charge in [0.25, 0.3) is 0 Å². The zero-order chi connectivity index (χ0) is 10.7. The van der Waals surface area contributed by atoms with Gasteiger partial charge in [-0.25, -0.2) is 0 Å². The molecular weight excluding hydrogens is 190 g/mol. The molecule has 0 atom stereocenters. The summed E-state index contributed by atoms with van der Waals surface area (Å²) < 4.78 is 0. The van der Waals surface area contributed by atoms with Crippen LogP contribution in [0.3, 0.4) is 0 Å². The maximum atomic E-state index is 11.8. The Bertz CT molecular complexity index is 469. The molecule has 0 radical (unpaired) electrons. The lowest BCUT2D eigenvalue weighted by atomic mass is 10.1. The largest absolute Gasteiger partial charge is 0.359 e. The van der Waals surface area contributed by atoms with Crippen LogP contribution in [0.2, 0.25) is 0 Å². The highest BCUT2D eigenvalue weighted by atomic mass is 16.1. The Morgan fingerprint density at radius 1 is 1.13 bits per heavy atom. The summed E-state index contributed by atoms with van der Waals surface area (Å²) in [4.78, 5) is 25.1. The van der Waals surface area contributed by atoms with Crippen molar-refractivity contribution in [2.24, 2.45) is 0 Å². The first kappa shape index (κ1) is 9.40. The molecule has 0 spiro atoms. The third-order valence-electron chi connectivity index (χ3n) is 2.15. The van der Waals surface area contributed by atoms with Gasteiger partial charge in [0.15, 0.2) is 0 Å². The first-order valence-corrected chi connectivity index (χ1v) is 4.54. The Morgan fingerprint density at radius 3 is 2.40 bits per heavy atom. The molecule has 3 heteroatoms. The molecule has 3 nitrogen and oxygen atoms in total. The van der Waals surface area contributed by atoms with Gasteiger partial charge in [0.1, 0.15) is 6.29 Å². The number of aldehydes is 1. The van der Waals surface area contributed by atoms with E-state index < -0.39 is 0 Å². The molecule has 0 aliphatic rings. The molecule has 2 aromatic rings. The van der Waals surface area contributed by atoms with E-state index in [1.165, 1.54) is 0 Å². The normalized spacial score (nSPS) is 9.87. The van der Waals surface area contributed by atoms with E-state index >= 15 is 0 Å². The van der Waals surface area contributed by atoms with Crippen LogP contribution in [0.15, 0.2) is 42.6 Å². The molecule has 1 aromatic carbocycles. The topological polar surface area (TPSA) is 49.9 Å². The number of H-pyrrole nitrogens is 1. The van der Waals surface area contributed by atoms with E-state index in [4.69, 9.17) is 0 Å². The number of carbonyl (C=O) groups is 2. The van der Waals surface area contributed by atoms with Gasteiger partial charge in [0, 0.05) is 17.3 Å². The van der Waals surface area contributed by atoms with Gasteiger partial charge in [0.05, 0.1) is 5.69 Å². The molecule has 1 N–H and O–H groups in total. The third kappa shape index (κ3) is 1.86. The van der Waals surface area contributed by atoms with Crippen molar-refractivity contribution in [3.05, 3.63) is 59.4 Å². The number of ketones is 1. The minimum absolute atomic E-state index is 0.0718. The highest BCUT2D eigenvalue weighted by Gasteiger charge is 2.08. The van der Waals surface area contributed by atoms with Gasteiger partial charge in [-0.3, -0.25) is 9.59 Å². The molecule has 0 saturated carbocycles. The van der Waals surface area contributed by atoms with Crippen molar-refractivity contribution >= 4 is 12.1 Å². The molecule has 0 aliphatic heterocycles. The monoisotopic (exact) mass is 199 g/mol. The van der Waals surface area contributed by atoms with Gasteiger partial charge in [-0.05, 0) is 12.1 Å². The van der Waals surface area contributed by atoms with E-state index in [0.29, 0.717) is 16.8 Å². The number of rotatable bonds is 3. The van der Waals surface area contributed by atoms with Crippen molar-refractivity contribution in [1.82, 2.24) is 4.98 Å². The number of benzene rings is 1. The minimum Gasteiger partial charge on any atom is -0.359 e. The molecule has 0 saturated heterocycles. The predicted octanol–water partition coefficient (Wildman–Crippen LogP) is 2.06. The van der Waals surface area contributed by atoms with Gasteiger partial charge in [-0.2, -0.15) is 0 Å². The van der Waals surface area contributed by atoms with Crippen molar-refractivity contribution in [1.29, 1.82) is 0 Å². The molecule has 15 heavy (non-hydrogen) atoms. The Kier molecular flexibility index (Phi) is 2.46. The van der Waals surface area contributed by atoms with Crippen molar-refractivity contribution in [3.8, 4) is 0 Å². The number of aromatic amines is 1. The van der Waals surface area contributed by atoms with Gasteiger partial charge in [-0.15, -0.1) is 0 Å². The van der Waals surface area contributed by atoms with Crippen molar-refractivity contribution < 1.29 is 9.59 Å². The number of hydrogen-bond acceptors (Lipinski definition) is 2. The Balaban J connectivity index is 2.30. The van der Waals surface area contributed by atoms with Crippen molar-refractivity contribution in [3.63, 3.8) is 0 Å². The van der Waals surface area contributed by atoms with E-state index in [0.717, 1.165) is 6.29 Å². The van der Waals surface area contributed by atoms with Crippen LogP contribution < -0.4 is 0 Å². The van der Waals surface area contributed by atoms with Crippen LogP contribution in [0.25, 0.3) is 0 Å². The lowest BCUT2D eigenvalue weighted by Gasteiger charge is -1.98. The molecule has 1 heterocycles. The maximum absolute atomic E-state index is 11.8. The lowest BCUT2D eigenvalue weighted by Crippen LogP contribution is -2.01. The zero-order valence-corrected chi connectivity index (χ0v) is 7.94. The summed E-state index contributed by atoms with van der Waals surface area (Å²) in [6.45, 7) is 0. The highest BCUT2D eigenvalue weighted by molar-refractivity contribution is 6.07. The second kappa shape index (κ2) is 3.92. The van der Waals surface area contributed by atoms with Gasteiger partial charge < -0.3 is 4.98 Å². The van der Waals surface area contributed by atoms with Gasteiger partial charge >= 0.3 is 0 Å². The summed E-state index contributed by atoms with van der Waals surface area (Å²) in [6, 6.07) is 10.0. The SMILES string of the molecule is O=Cc1ccc(C(=O)c2ccc[nH]2)cc1. The molecule has 0 aliphatic carbocycles. The molecule has 0 amide bonds. The Morgan fingerprint density at radius 2 is 1.87 bits per heavy atom. The van der Waals surface area contributed by atoms with Crippen LogP contribution in [0.1, 0.15) is 26.4 Å². The Hall–Kier alpha value is -2.16. The van der Waals surface area contributed by atoms with Gasteiger partial charge in [0.2, 0.25) is 5.78 Å². The van der Waals surface area contributed by atoms with Crippen LogP contribution >= 0.6 is 0 Å². The average Bonchev–Trinajstić information content (AvgIpc) is 2.82. The first-order valence-electron chi connectivity index (χ1n) is 4.54. The number of nitrogens with one attached hydrogen (secondary N) is 1. The standard InChI is InChI=1S/C12H9NO2/c14-8-9-3-5-10(6-4-9)12(15)11-2-1-7-13-11/h1-8,13H. The quantitative estimate of drug-likeness (QED) is 0.607. The lowest BCUT2D eigenvalue weighted by molar-refractivity contribution is 0.103. The second-order valence-corrected chi connectivity index (χ2v) is 3.15. The smallest absolute Gasteiger partial charge is 0.209 e. The summed E-state index contributed by atoms with van der Waals surface area (Å²) in [5.74, 6) is -0.0718. The van der Waals surface area contributed by atoms with Crippen LogP contribution in [0, 0.1) is 0 Å². The summed E-state index contributed by atoms with van der Waals surface area (Å²) in [5, 5.41) is 0. The molecular formula is C12H9NO2. The molecule has 2 rings (SSSR count). The number of hydrogen-bond donors (Lipinski definition) is 1. The van der Waals surface area contributed by atoms with Gasteiger partial charge in [-0.1, -0.05) is 24.3 Å². The molecule has 0 bridgehead atoms. The maximum Gasteiger partial charge on any atom is 0.209 e. The predicted molar refractivity (Wildman–Crippen MR) is 56.1 cm³/mol. The summed E-state index contributed by atoms with van der Waals surface area (Å²) >= 11 is 0. The average molecular weight is 199 g/mol. The van der Waals surface area contributed by atoms with Crippen LogP contribution in [0.5, 0.6) is 0 Å². The molecule has 0 fully saturated rings. The first-order chi connectivity index (χ1) is 7.31. The summed E-state index contributed by atoms with van der Waals surface area (Å²) in [5.41, 5.74) is 1.69. The van der Waals surface area contributed by atoms with Crippen molar-refractivity contribution in [2.45, 2.75) is 0 Å². The fraction of sp³-hybridized carbons (Fsp3) is 0. The van der Waals surface area contributed by atoms with Crippen LogP contribution in [0.4, 0.5) is 0 Å². The third-order valence-corrected chi connectivity index (χ3v) is 2.15. The summed E-state index contributed by atoms with van der Waals surface area (Å²) in [7, 11) is 0. The fourth-order valence-corrected chi connectivity index (χ4v) is 1.34. The zero-order valence-electron chi connectivity index (χ0n) is 7.94. The highest BCUT2D eigenvalue weighted by Crippen LogP contribution is 2.08. The molecule has 74 valence electrons. The summed E-state index contributed by atoms with van der Waals surface area (Å²) in [6.07, 6.45) is 2.45. The number of aromatic nitrogens is 1. The van der Waals surface area contributed by atoms with Crippen LogP contribution in [-0.2, 0) is 0 Å². The van der Waals surface area contributed by atoms with E-state index in [9.17, 15) is 9.59 Å². The van der Waals surface area contributed by atoms with E-state index in [1.807, 2.05) is 0 Å². The fourth-order valence-electron chi connectivity index (χ4n) is 1.34. The second-order valence-electron chi connectivity index (χ2n) is 3.15. The Labute approximate surface area is 86.8 Å².